The Morgan fingerprint density at radius 1 is 1.06 bits per heavy atom. The molecule has 2 aliphatic heterocycles. The molecule has 1 saturated heterocycles. The van der Waals surface area contributed by atoms with Crippen LogP contribution in [-0.4, -0.2) is 49.6 Å². The number of aromatic nitrogens is 4. The summed E-state index contributed by atoms with van der Waals surface area (Å²) in [6.45, 7) is 2.20. The Bertz CT molecular complexity index is 1370. The number of pyridine rings is 1. The molecule has 34 heavy (non-hydrogen) atoms. The number of hydrogen-bond acceptors (Lipinski definition) is 7. The molecule has 1 aromatic carbocycles. The van der Waals surface area contributed by atoms with Crippen LogP contribution in [0.1, 0.15) is 35.2 Å². The molecule has 1 fully saturated rings. The molecule has 2 aliphatic rings. The molecular formula is C25H25N7O2. The van der Waals surface area contributed by atoms with E-state index in [-0.39, 0.29) is 12.0 Å². The number of hydrogen-bond donors (Lipinski definition) is 3. The van der Waals surface area contributed by atoms with Crippen LogP contribution >= 0.6 is 0 Å². The van der Waals surface area contributed by atoms with Gasteiger partial charge in [0, 0.05) is 37.6 Å². The van der Waals surface area contributed by atoms with Crippen LogP contribution in [-0.2, 0) is 6.54 Å². The molecule has 3 N–H and O–H groups in total. The molecule has 0 saturated carbocycles. The second kappa shape index (κ2) is 8.42. The first kappa shape index (κ1) is 20.6. The third-order valence-electron chi connectivity index (χ3n) is 6.63. The van der Waals surface area contributed by atoms with Crippen LogP contribution in [0.4, 0.5) is 17.2 Å². The first-order chi connectivity index (χ1) is 16.7. The van der Waals surface area contributed by atoms with Gasteiger partial charge in [-0.1, -0.05) is 6.07 Å². The Balaban J connectivity index is 1.29. The number of amides is 1. The quantitative estimate of drug-likeness (QED) is 0.434. The van der Waals surface area contributed by atoms with Crippen molar-refractivity contribution in [1.82, 2.24) is 24.7 Å². The van der Waals surface area contributed by atoms with Crippen molar-refractivity contribution in [2.75, 3.05) is 23.3 Å². The SMILES string of the molecule is O=C1NCc2c(-c3cnc4cnccn34)ccc(Nc3ccc(N4CCC[C@@H](O)CC4)cn3)c21. The summed E-state index contributed by atoms with van der Waals surface area (Å²) in [5.74, 6) is 0.573. The minimum absolute atomic E-state index is 0.102. The average Bonchev–Trinajstić information content (AvgIpc) is 3.39. The summed E-state index contributed by atoms with van der Waals surface area (Å²) in [5, 5.41) is 16.2. The Labute approximate surface area is 196 Å². The number of benzene rings is 1. The molecule has 172 valence electrons. The number of aliphatic hydroxyl groups excluding tert-OH is 1. The second-order valence-electron chi connectivity index (χ2n) is 8.74. The Morgan fingerprint density at radius 3 is 2.88 bits per heavy atom. The van der Waals surface area contributed by atoms with E-state index in [9.17, 15) is 9.90 Å². The van der Waals surface area contributed by atoms with Crippen molar-refractivity contribution in [2.24, 2.45) is 0 Å². The maximum atomic E-state index is 12.8. The van der Waals surface area contributed by atoms with E-state index in [2.05, 4.69) is 30.5 Å². The van der Waals surface area contributed by atoms with Crippen LogP contribution in [0.15, 0.2) is 55.2 Å². The van der Waals surface area contributed by atoms with E-state index in [1.165, 1.54) is 0 Å². The van der Waals surface area contributed by atoms with Gasteiger partial charge in [0.25, 0.3) is 5.91 Å². The van der Waals surface area contributed by atoms with E-state index >= 15 is 0 Å². The lowest BCUT2D eigenvalue weighted by atomic mass is 9.99. The van der Waals surface area contributed by atoms with Gasteiger partial charge in [0.05, 0.1) is 47.3 Å². The van der Waals surface area contributed by atoms with Gasteiger partial charge in [-0.2, -0.15) is 0 Å². The number of nitrogens with one attached hydrogen (secondary N) is 2. The zero-order valence-electron chi connectivity index (χ0n) is 18.6. The molecule has 0 unspecified atom stereocenters. The van der Waals surface area contributed by atoms with Gasteiger partial charge in [0.1, 0.15) is 5.82 Å². The van der Waals surface area contributed by atoms with Gasteiger partial charge in [-0.25, -0.2) is 9.97 Å². The maximum Gasteiger partial charge on any atom is 0.254 e. The van der Waals surface area contributed by atoms with E-state index < -0.39 is 0 Å². The lowest BCUT2D eigenvalue weighted by molar-refractivity contribution is 0.0966. The van der Waals surface area contributed by atoms with Gasteiger partial charge in [-0.3, -0.25) is 14.2 Å². The standard InChI is InChI=1S/C25H25N7O2/c33-17-2-1-9-31(10-7-17)16-3-6-22(27-12-16)30-20-5-4-18(19-13-29-25(34)24(19)20)21-14-28-23-15-26-8-11-32(21)23/h3-6,8,11-12,14-15,17,33H,1-2,7,9-10,13H2,(H,27,30)(H,29,34)/t17-/m1/s1. The zero-order chi connectivity index (χ0) is 23.1. The van der Waals surface area contributed by atoms with Crippen LogP contribution in [0.5, 0.6) is 0 Å². The van der Waals surface area contributed by atoms with Crippen molar-refractivity contribution in [2.45, 2.75) is 31.9 Å². The van der Waals surface area contributed by atoms with Crippen molar-refractivity contribution in [3.05, 3.63) is 66.4 Å². The van der Waals surface area contributed by atoms with E-state index in [4.69, 9.17) is 0 Å². The molecule has 1 atom stereocenters. The Morgan fingerprint density at radius 2 is 2.00 bits per heavy atom. The van der Waals surface area contributed by atoms with Crippen molar-refractivity contribution < 1.29 is 9.90 Å². The fraction of sp³-hybridized carbons (Fsp3) is 0.280. The largest absolute Gasteiger partial charge is 0.393 e. The number of fused-ring (bicyclic) bond motifs is 2. The maximum absolute atomic E-state index is 12.8. The average molecular weight is 456 g/mol. The fourth-order valence-electron chi connectivity index (χ4n) is 4.86. The number of nitrogens with zero attached hydrogens (tertiary/aromatic N) is 5. The molecule has 6 rings (SSSR count). The van der Waals surface area contributed by atoms with Crippen molar-refractivity contribution in [1.29, 1.82) is 0 Å². The molecule has 9 heteroatoms. The molecule has 0 bridgehead atoms. The normalized spacial score (nSPS) is 18.0. The zero-order valence-corrected chi connectivity index (χ0v) is 18.6. The van der Waals surface area contributed by atoms with Crippen LogP contribution in [0, 0.1) is 0 Å². The molecular weight excluding hydrogens is 430 g/mol. The number of anilines is 3. The molecule has 0 aliphatic carbocycles. The highest BCUT2D eigenvalue weighted by molar-refractivity contribution is 6.06. The van der Waals surface area contributed by atoms with Gasteiger partial charge in [0.2, 0.25) is 0 Å². The number of carbonyl (C=O) groups excluding carboxylic acids is 1. The Hall–Kier alpha value is -3.98. The van der Waals surface area contributed by atoms with Crippen molar-refractivity contribution in [3.8, 4) is 11.3 Å². The first-order valence-corrected chi connectivity index (χ1v) is 11.5. The van der Waals surface area contributed by atoms with E-state index in [1.807, 2.05) is 47.3 Å². The number of carbonyl (C=O) groups is 1. The number of imidazole rings is 1. The predicted octanol–water partition coefficient (Wildman–Crippen LogP) is 3.13. The summed E-state index contributed by atoms with van der Waals surface area (Å²) in [6.07, 6.45) is 11.3. The third kappa shape index (κ3) is 3.63. The summed E-state index contributed by atoms with van der Waals surface area (Å²) >= 11 is 0. The van der Waals surface area contributed by atoms with Gasteiger partial charge < -0.3 is 20.6 Å². The van der Waals surface area contributed by atoms with Gasteiger partial charge >= 0.3 is 0 Å². The van der Waals surface area contributed by atoms with Crippen LogP contribution < -0.4 is 15.5 Å². The summed E-state index contributed by atoms with van der Waals surface area (Å²) in [6, 6.07) is 7.91. The van der Waals surface area contributed by atoms with Crippen molar-refractivity contribution >= 4 is 28.7 Å². The van der Waals surface area contributed by atoms with Crippen LogP contribution in [0.2, 0.25) is 0 Å². The molecule has 1 amide bonds. The van der Waals surface area contributed by atoms with E-state index in [0.717, 1.165) is 66.2 Å². The minimum atomic E-state index is -0.215. The minimum Gasteiger partial charge on any atom is -0.393 e. The van der Waals surface area contributed by atoms with Gasteiger partial charge in [0.15, 0.2) is 5.65 Å². The summed E-state index contributed by atoms with van der Waals surface area (Å²) in [4.78, 5) is 28.2. The molecule has 0 radical (unpaired) electrons. The molecule has 3 aromatic heterocycles. The summed E-state index contributed by atoms with van der Waals surface area (Å²) in [5.41, 5.74) is 5.98. The fourth-order valence-corrected chi connectivity index (χ4v) is 4.86. The highest BCUT2D eigenvalue weighted by Crippen LogP contribution is 2.35. The molecule has 5 heterocycles. The second-order valence-corrected chi connectivity index (χ2v) is 8.74. The summed E-state index contributed by atoms with van der Waals surface area (Å²) in [7, 11) is 0. The number of rotatable bonds is 4. The van der Waals surface area contributed by atoms with Crippen LogP contribution in [0.25, 0.3) is 16.9 Å². The monoisotopic (exact) mass is 455 g/mol. The molecule has 9 nitrogen and oxygen atoms in total. The predicted molar refractivity (Wildman–Crippen MR) is 129 cm³/mol. The van der Waals surface area contributed by atoms with Gasteiger partial charge in [-0.15, -0.1) is 0 Å². The topological polar surface area (TPSA) is 108 Å². The highest BCUT2D eigenvalue weighted by atomic mass is 16.3. The van der Waals surface area contributed by atoms with E-state index in [0.29, 0.717) is 17.9 Å². The lowest BCUT2D eigenvalue weighted by Gasteiger charge is -2.22. The highest BCUT2D eigenvalue weighted by Gasteiger charge is 2.27. The molecule has 4 aromatic rings. The smallest absolute Gasteiger partial charge is 0.254 e. The molecule has 0 spiro atoms. The first-order valence-electron chi connectivity index (χ1n) is 11.5. The lowest BCUT2D eigenvalue weighted by Crippen LogP contribution is -2.24. The van der Waals surface area contributed by atoms with Gasteiger partial charge in [-0.05, 0) is 43.0 Å². The summed E-state index contributed by atoms with van der Waals surface area (Å²) < 4.78 is 1.97. The third-order valence-corrected chi connectivity index (χ3v) is 6.63. The van der Waals surface area contributed by atoms with Crippen LogP contribution in [0.3, 0.4) is 0 Å². The van der Waals surface area contributed by atoms with E-state index in [1.54, 1.807) is 12.4 Å². The van der Waals surface area contributed by atoms with Crippen molar-refractivity contribution in [3.63, 3.8) is 0 Å². The number of aliphatic hydroxyl groups is 1. The Kier molecular flexibility index (Phi) is 5.10.